The Morgan fingerprint density at radius 3 is 2.29 bits per heavy atom. The molecule has 0 aliphatic rings. The van der Waals surface area contributed by atoms with Crippen molar-refractivity contribution in [2.45, 2.75) is 26.3 Å². The number of benzene rings is 2. The van der Waals surface area contributed by atoms with E-state index < -0.39 is 0 Å². The second-order valence-electron chi connectivity index (χ2n) is 5.14. The molecule has 88 valence electrons. The summed E-state index contributed by atoms with van der Waals surface area (Å²) >= 11 is 0. The molecule has 2 aromatic rings. The van der Waals surface area contributed by atoms with Crippen LogP contribution in [0.4, 0.5) is 5.69 Å². The molecule has 0 heterocycles. The third kappa shape index (κ3) is 2.16. The van der Waals surface area contributed by atoms with Crippen molar-refractivity contribution < 1.29 is 4.79 Å². The van der Waals surface area contributed by atoms with Crippen molar-refractivity contribution in [1.29, 1.82) is 0 Å². The molecule has 0 N–H and O–H groups in total. The van der Waals surface area contributed by atoms with Crippen LogP contribution >= 0.6 is 0 Å². The summed E-state index contributed by atoms with van der Waals surface area (Å²) in [6.07, 6.45) is 0.905. The first-order valence-corrected chi connectivity index (χ1v) is 5.76. The average molecular weight is 227 g/mol. The molecular formula is C15H17NO. The molecule has 1 amide bonds. The molecule has 0 aliphatic heterocycles. The molecule has 0 atom stereocenters. The topological polar surface area (TPSA) is 20.3 Å². The Hall–Kier alpha value is -1.83. The number of carbonyl (C=O) groups is 1. The molecule has 0 saturated carbocycles. The van der Waals surface area contributed by atoms with Crippen molar-refractivity contribution in [2.75, 3.05) is 4.90 Å². The molecule has 0 bridgehead atoms. The molecule has 2 heteroatoms. The minimum absolute atomic E-state index is 0.216. The second kappa shape index (κ2) is 4.21. The smallest absolute Gasteiger partial charge is 0.214 e. The van der Waals surface area contributed by atoms with Gasteiger partial charge in [-0.25, -0.2) is 0 Å². The SMILES string of the molecule is CC(C)(C)N(C=O)c1cccc2ccccc12. The third-order valence-corrected chi connectivity index (χ3v) is 2.85. The van der Waals surface area contributed by atoms with E-state index in [1.807, 2.05) is 51.1 Å². The van der Waals surface area contributed by atoms with E-state index >= 15 is 0 Å². The second-order valence-corrected chi connectivity index (χ2v) is 5.14. The van der Waals surface area contributed by atoms with Crippen LogP contribution < -0.4 is 4.90 Å². The normalized spacial score (nSPS) is 11.5. The molecule has 0 fully saturated rings. The Kier molecular flexibility index (Phi) is 2.88. The zero-order valence-corrected chi connectivity index (χ0v) is 10.5. The average Bonchev–Trinajstić information content (AvgIpc) is 2.28. The fraction of sp³-hybridized carbons (Fsp3) is 0.267. The van der Waals surface area contributed by atoms with Gasteiger partial charge in [0.25, 0.3) is 0 Å². The Balaban J connectivity index is 2.66. The van der Waals surface area contributed by atoms with Crippen LogP contribution in [0.3, 0.4) is 0 Å². The van der Waals surface area contributed by atoms with E-state index in [-0.39, 0.29) is 5.54 Å². The molecule has 0 aromatic heterocycles. The lowest BCUT2D eigenvalue weighted by atomic mass is 10.0. The van der Waals surface area contributed by atoms with Crippen molar-refractivity contribution >= 4 is 22.9 Å². The van der Waals surface area contributed by atoms with Crippen molar-refractivity contribution in [3.63, 3.8) is 0 Å². The number of nitrogens with zero attached hydrogens (tertiary/aromatic N) is 1. The summed E-state index contributed by atoms with van der Waals surface area (Å²) in [6.45, 7) is 6.09. The quantitative estimate of drug-likeness (QED) is 0.718. The minimum Gasteiger partial charge on any atom is -0.309 e. The van der Waals surface area contributed by atoms with Crippen LogP contribution in [0.15, 0.2) is 42.5 Å². The predicted octanol–water partition coefficient (Wildman–Crippen LogP) is 3.60. The fourth-order valence-electron chi connectivity index (χ4n) is 1.99. The van der Waals surface area contributed by atoms with Crippen molar-refractivity contribution in [1.82, 2.24) is 0 Å². The van der Waals surface area contributed by atoms with E-state index in [4.69, 9.17) is 0 Å². The highest BCUT2D eigenvalue weighted by atomic mass is 16.1. The van der Waals surface area contributed by atoms with Gasteiger partial charge < -0.3 is 4.90 Å². The highest BCUT2D eigenvalue weighted by Gasteiger charge is 2.22. The van der Waals surface area contributed by atoms with Crippen LogP contribution in [-0.4, -0.2) is 11.9 Å². The molecule has 2 aromatic carbocycles. The lowest BCUT2D eigenvalue weighted by molar-refractivity contribution is -0.108. The van der Waals surface area contributed by atoms with Gasteiger partial charge in [0.15, 0.2) is 0 Å². The van der Waals surface area contributed by atoms with E-state index in [1.165, 1.54) is 0 Å². The number of amides is 1. The molecule has 0 aliphatic carbocycles. The highest BCUT2D eigenvalue weighted by molar-refractivity contribution is 5.98. The summed E-state index contributed by atoms with van der Waals surface area (Å²) in [5.74, 6) is 0. The van der Waals surface area contributed by atoms with Gasteiger partial charge in [0.05, 0.1) is 5.69 Å². The number of hydrogen-bond donors (Lipinski definition) is 0. The largest absolute Gasteiger partial charge is 0.309 e. The summed E-state index contributed by atoms with van der Waals surface area (Å²) in [4.78, 5) is 13.1. The fourth-order valence-corrected chi connectivity index (χ4v) is 1.99. The van der Waals surface area contributed by atoms with Crippen LogP contribution in [0, 0.1) is 0 Å². The van der Waals surface area contributed by atoms with Gasteiger partial charge in [-0.3, -0.25) is 4.79 Å². The highest BCUT2D eigenvalue weighted by Crippen LogP contribution is 2.30. The number of carbonyl (C=O) groups excluding carboxylic acids is 1. The van der Waals surface area contributed by atoms with E-state index in [0.29, 0.717) is 0 Å². The maximum Gasteiger partial charge on any atom is 0.214 e. The molecule has 0 spiro atoms. The van der Waals surface area contributed by atoms with Crippen LogP contribution in [0.1, 0.15) is 20.8 Å². The monoisotopic (exact) mass is 227 g/mol. The summed E-state index contributed by atoms with van der Waals surface area (Å²) in [7, 11) is 0. The molecule has 2 rings (SSSR count). The lowest BCUT2D eigenvalue weighted by Gasteiger charge is -2.33. The van der Waals surface area contributed by atoms with Crippen LogP contribution in [0.2, 0.25) is 0 Å². The summed E-state index contributed by atoms with van der Waals surface area (Å²) in [5.41, 5.74) is 0.747. The van der Waals surface area contributed by atoms with E-state index in [0.717, 1.165) is 22.9 Å². The zero-order chi connectivity index (χ0) is 12.5. The molecule has 0 saturated heterocycles. The first-order valence-electron chi connectivity index (χ1n) is 5.76. The van der Waals surface area contributed by atoms with Crippen molar-refractivity contribution in [3.8, 4) is 0 Å². The van der Waals surface area contributed by atoms with Gasteiger partial charge in [0, 0.05) is 10.9 Å². The van der Waals surface area contributed by atoms with Gasteiger partial charge in [-0.05, 0) is 32.2 Å². The van der Waals surface area contributed by atoms with Gasteiger partial charge >= 0.3 is 0 Å². The Bertz CT molecular complexity index is 535. The zero-order valence-electron chi connectivity index (χ0n) is 10.5. The number of fused-ring (bicyclic) bond motifs is 1. The predicted molar refractivity (Wildman–Crippen MR) is 72.2 cm³/mol. The standard InChI is InChI=1S/C15H17NO/c1-15(2,3)16(11-17)14-10-6-8-12-7-4-5-9-13(12)14/h4-11H,1-3H3. The maximum atomic E-state index is 11.3. The summed E-state index contributed by atoms with van der Waals surface area (Å²) in [6, 6.07) is 14.1. The molecule has 0 radical (unpaired) electrons. The minimum atomic E-state index is -0.216. The maximum absolute atomic E-state index is 11.3. The first-order chi connectivity index (χ1) is 8.04. The van der Waals surface area contributed by atoms with Gasteiger partial charge in [-0.1, -0.05) is 36.4 Å². The van der Waals surface area contributed by atoms with Crippen molar-refractivity contribution in [3.05, 3.63) is 42.5 Å². The summed E-state index contributed by atoms with van der Waals surface area (Å²) in [5, 5.41) is 2.26. The molecule has 17 heavy (non-hydrogen) atoms. The Labute approximate surface area is 102 Å². The van der Waals surface area contributed by atoms with Gasteiger partial charge in [0.1, 0.15) is 0 Å². The van der Waals surface area contributed by atoms with Crippen molar-refractivity contribution in [2.24, 2.45) is 0 Å². The molecule has 0 unspecified atom stereocenters. The number of hydrogen-bond acceptors (Lipinski definition) is 1. The van der Waals surface area contributed by atoms with Gasteiger partial charge in [0.2, 0.25) is 6.41 Å². The van der Waals surface area contributed by atoms with E-state index in [1.54, 1.807) is 4.90 Å². The molecular weight excluding hydrogens is 210 g/mol. The third-order valence-electron chi connectivity index (χ3n) is 2.85. The number of rotatable bonds is 2. The number of anilines is 1. The lowest BCUT2D eigenvalue weighted by Crippen LogP contribution is -2.40. The van der Waals surface area contributed by atoms with Crippen LogP contribution in [-0.2, 0) is 4.79 Å². The van der Waals surface area contributed by atoms with Gasteiger partial charge in [-0.15, -0.1) is 0 Å². The van der Waals surface area contributed by atoms with Crippen LogP contribution in [0.5, 0.6) is 0 Å². The molecule has 2 nitrogen and oxygen atoms in total. The van der Waals surface area contributed by atoms with E-state index in [9.17, 15) is 4.79 Å². The first kappa shape index (κ1) is 11.6. The van der Waals surface area contributed by atoms with Crippen LogP contribution in [0.25, 0.3) is 10.8 Å². The summed E-state index contributed by atoms with van der Waals surface area (Å²) < 4.78 is 0. The van der Waals surface area contributed by atoms with Gasteiger partial charge in [-0.2, -0.15) is 0 Å². The Morgan fingerprint density at radius 1 is 1.00 bits per heavy atom. The Morgan fingerprint density at radius 2 is 1.65 bits per heavy atom. The van der Waals surface area contributed by atoms with E-state index in [2.05, 4.69) is 12.1 Å².